The van der Waals surface area contributed by atoms with Crippen molar-refractivity contribution in [3.05, 3.63) is 70.8 Å². The van der Waals surface area contributed by atoms with Crippen LogP contribution in [-0.4, -0.2) is 23.4 Å². The summed E-state index contributed by atoms with van der Waals surface area (Å²) in [5.41, 5.74) is 9.91. The number of carbonyl (C=O) groups is 2. The van der Waals surface area contributed by atoms with Gasteiger partial charge in [0.2, 0.25) is 5.91 Å². The van der Waals surface area contributed by atoms with Crippen molar-refractivity contribution in [2.45, 2.75) is 64.5 Å². The topological polar surface area (TPSA) is 75.4 Å². The van der Waals surface area contributed by atoms with Gasteiger partial charge in [0.05, 0.1) is 18.5 Å². The first kappa shape index (κ1) is 21.9. The number of hydrogen-bond donors (Lipinski definition) is 2. The molecule has 2 aromatic carbocycles. The monoisotopic (exact) mass is 407 g/mol. The van der Waals surface area contributed by atoms with Gasteiger partial charge in [0.15, 0.2) is 0 Å². The van der Waals surface area contributed by atoms with Crippen LogP contribution in [0.3, 0.4) is 0 Å². The zero-order chi connectivity index (χ0) is 21.9. The Labute approximate surface area is 179 Å². The fourth-order valence-corrected chi connectivity index (χ4v) is 4.30. The van der Waals surface area contributed by atoms with Crippen molar-refractivity contribution in [2.24, 2.45) is 5.73 Å². The van der Waals surface area contributed by atoms with Gasteiger partial charge in [-0.2, -0.15) is 0 Å². The third kappa shape index (κ3) is 5.02. The number of nitrogens with two attached hydrogens (primary N) is 1. The zero-order valence-corrected chi connectivity index (χ0v) is 18.4. The number of benzene rings is 2. The van der Waals surface area contributed by atoms with E-state index >= 15 is 0 Å². The highest BCUT2D eigenvalue weighted by Gasteiger charge is 2.32. The van der Waals surface area contributed by atoms with Crippen LogP contribution in [0.15, 0.2) is 48.5 Å². The number of nitrogens with one attached hydrogen (secondary N) is 1. The second-order valence-electron chi connectivity index (χ2n) is 9.24. The van der Waals surface area contributed by atoms with Gasteiger partial charge >= 0.3 is 6.03 Å². The molecule has 5 heteroatoms. The number of urea groups is 1. The number of hydrogen-bond acceptors (Lipinski definition) is 2. The largest absolute Gasteiger partial charge is 0.352 e. The van der Waals surface area contributed by atoms with Gasteiger partial charge in [-0.15, -0.1) is 0 Å². The average Bonchev–Trinajstić information content (AvgIpc) is 3.17. The van der Waals surface area contributed by atoms with E-state index in [1.165, 1.54) is 11.1 Å². The standard InChI is InChI=1S/C25H33N3O2/c1-17-8-5-6-9-20(17)21(27-24(26)30)16-23(29)28-15-7-10-22(28)18-11-13-19(14-12-18)25(2,3)4/h5-6,8-9,11-14,21-22H,7,10,15-16H2,1-4H3,(H3,26,27,30). The number of aryl methyl sites for hydroxylation is 1. The summed E-state index contributed by atoms with van der Waals surface area (Å²) < 4.78 is 0. The summed E-state index contributed by atoms with van der Waals surface area (Å²) in [6, 6.07) is 15.4. The SMILES string of the molecule is Cc1ccccc1C(CC(=O)N1CCCC1c1ccc(C(C)(C)C)cc1)NC(N)=O. The lowest BCUT2D eigenvalue weighted by Crippen LogP contribution is -2.38. The van der Waals surface area contributed by atoms with Gasteiger partial charge in [0, 0.05) is 6.54 Å². The second-order valence-corrected chi connectivity index (χ2v) is 9.24. The van der Waals surface area contributed by atoms with Gasteiger partial charge in [-0.25, -0.2) is 4.79 Å². The van der Waals surface area contributed by atoms with Crippen molar-refractivity contribution in [1.29, 1.82) is 0 Å². The number of likely N-dealkylation sites (tertiary alicyclic amines) is 1. The Bertz CT molecular complexity index is 899. The number of primary amides is 1. The Kier molecular flexibility index (Phi) is 6.49. The van der Waals surface area contributed by atoms with E-state index in [-0.39, 0.29) is 23.8 Å². The molecule has 0 saturated carbocycles. The molecule has 1 heterocycles. The van der Waals surface area contributed by atoms with Crippen LogP contribution in [0.25, 0.3) is 0 Å². The second kappa shape index (κ2) is 8.90. The first-order valence-corrected chi connectivity index (χ1v) is 10.7. The molecule has 0 bridgehead atoms. The van der Waals surface area contributed by atoms with Crippen molar-refractivity contribution < 1.29 is 9.59 Å². The number of carbonyl (C=O) groups excluding carboxylic acids is 2. The van der Waals surface area contributed by atoms with E-state index in [0.29, 0.717) is 0 Å². The van der Waals surface area contributed by atoms with Gasteiger partial charge in [-0.3, -0.25) is 4.79 Å². The van der Waals surface area contributed by atoms with Gasteiger partial charge in [-0.1, -0.05) is 69.3 Å². The molecule has 0 aliphatic carbocycles. The highest BCUT2D eigenvalue weighted by molar-refractivity contribution is 5.79. The number of rotatable bonds is 5. The molecule has 1 aliphatic rings. The van der Waals surface area contributed by atoms with Crippen LogP contribution in [0.5, 0.6) is 0 Å². The van der Waals surface area contributed by atoms with Gasteiger partial charge < -0.3 is 16.0 Å². The van der Waals surface area contributed by atoms with Crippen molar-refractivity contribution in [1.82, 2.24) is 10.2 Å². The fraction of sp³-hybridized carbons (Fsp3) is 0.440. The first-order valence-electron chi connectivity index (χ1n) is 10.7. The molecule has 3 amide bonds. The van der Waals surface area contributed by atoms with Crippen LogP contribution in [0.2, 0.25) is 0 Å². The summed E-state index contributed by atoms with van der Waals surface area (Å²) in [5.74, 6) is 0.0411. The van der Waals surface area contributed by atoms with E-state index in [1.807, 2.05) is 36.1 Å². The van der Waals surface area contributed by atoms with Gasteiger partial charge in [0.1, 0.15) is 0 Å². The van der Waals surface area contributed by atoms with Crippen LogP contribution >= 0.6 is 0 Å². The minimum Gasteiger partial charge on any atom is -0.352 e. The normalized spacial score (nSPS) is 17.6. The molecule has 1 aliphatic heterocycles. The Morgan fingerprint density at radius 2 is 1.80 bits per heavy atom. The summed E-state index contributed by atoms with van der Waals surface area (Å²) in [7, 11) is 0. The molecule has 2 unspecified atom stereocenters. The highest BCUT2D eigenvalue weighted by atomic mass is 16.2. The smallest absolute Gasteiger partial charge is 0.312 e. The van der Waals surface area contributed by atoms with Crippen molar-refractivity contribution >= 4 is 11.9 Å². The predicted molar refractivity (Wildman–Crippen MR) is 120 cm³/mol. The summed E-state index contributed by atoms with van der Waals surface area (Å²) in [5, 5.41) is 2.76. The molecule has 1 saturated heterocycles. The van der Waals surface area contributed by atoms with Crippen LogP contribution in [0.4, 0.5) is 4.79 Å². The summed E-state index contributed by atoms with van der Waals surface area (Å²) in [4.78, 5) is 26.8. The maximum Gasteiger partial charge on any atom is 0.312 e. The fourth-order valence-electron chi connectivity index (χ4n) is 4.30. The molecule has 0 radical (unpaired) electrons. The molecular weight excluding hydrogens is 374 g/mol. The first-order chi connectivity index (χ1) is 14.2. The molecular formula is C25H33N3O2. The minimum absolute atomic E-state index is 0.0411. The molecule has 1 fully saturated rings. The molecule has 0 aromatic heterocycles. The van der Waals surface area contributed by atoms with E-state index in [0.717, 1.165) is 30.5 Å². The van der Waals surface area contributed by atoms with E-state index < -0.39 is 12.1 Å². The van der Waals surface area contributed by atoms with E-state index in [2.05, 4.69) is 50.4 Å². The zero-order valence-electron chi connectivity index (χ0n) is 18.4. The molecule has 5 nitrogen and oxygen atoms in total. The van der Waals surface area contributed by atoms with Crippen LogP contribution in [0, 0.1) is 6.92 Å². The van der Waals surface area contributed by atoms with Crippen LogP contribution in [-0.2, 0) is 10.2 Å². The lowest BCUT2D eigenvalue weighted by atomic mass is 9.86. The molecule has 3 rings (SSSR count). The molecule has 160 valence electrons. The van der Waals surface area contributed by atoms with E-state index in [9.17, 15) is 9.59 Å². The lowest BCUT2D eigenvalue weighted by molar-refractivity contribution is -0.132. The third-order valence-corrected chi connectivity index (χ3v) is 5.99. The Hall–Kier alpha value is -2.82. The molecule has 30 heavy (non-hydrogen) atoms. The minimum atomic E-state index is -0.619. The van der Waals surface area contributed by atoms with Gasteiger partial charge in [0.25, 0.3) is 0 Å². The van der Waals surface area contributed by atoms with Crippen molar-refractivity contribution in [3.63, 3.8) is 0 Å². The predicted octanol–water partition coefficient (Wildman–Crippen LogP) is 4.76. The van der Waals surface area contributed by atoms with Crippen molar-refractivity contribution in [3.8, 4) is 0 Å². The van der Waals surface area contributed by atoms with Crippen LogP contribution in [0.1, 0.15) is 74.4 Å². The molecule has 2 aromatic rings. The summed E-state index contributed by atoms with van der Waals surface area (Å²) in [6.07, 6.45) is 2.14. The Morgan fingerprint density at radius 3 is 2.40 bits per heavy atom. The van der Waals surface area contributed by atoms with Crippen LogP contribution < -0.4 is 11.1 Å². The Morgan fingerprint density at radius 1 is 1.13 bits per heavy atom. The number of amides is 3. The van der Waals surface area contributed by atoms with E-state index in [4.69, 9.17) is 5.73 Å². The quantitative estimate of drug-likeness (QED) is 0.750. The summed E-state index contributed by atoms with van der Waals surface area (Å²) in [6.45, 7) is 9.31. The van der Waals surface area contributed by atoms with E-state index in [1.54, 1.807) is 0 Å². The highest BCUT2D eigenvalue weighted by Crippen LogP contribution is 2.35. The maximum absolute atomic E-state index is 13.3. The third-order valence-electron chi connectivity index (χ3n) is 5.99. The lowest BCUT2D eigenvalue weighted by Gasteiger charge is -2.28. The molecule has 0 spiro atoms. The number of nitrogens with zero attached hydrogens (tertiary/aromatic N) is 1. The Balaban J connectivity index is 1.78. The van der Waals surface area contributed by atoms with Crippen molar-refractivity contribution in [2.75, 3.05) is 6.54 Å². The molecule has 3 N–H and O–H groups in total. The maximum atomic E-state index is 13.3. The molecule has 2 atom stereocenters. The average molecular weight is 408 g/mol. The summed E-state index contributed by atoms with van der Waals surface area (Å²) >= 11 is 0. The van der Waals surface area contributed by atoms with Gasteiger partial charge in [-0.05, 0) is 47.4 Å².